The van der Waals surface area contributed by atoms with Crippen molar-refractivity contribution in [3.8, 4) is 0 Å². The molecule has 112 valence electrons. The Bertz CT molecular complexity index is 772. The molecule has 0 aliphatic heterocycles. The van der Waals surface area contributed by atoms with Crippen molar-refractivity contribution in [2.45, 2.75) is 25.3 Å². The zero-order chi connectivity index (χ0) is 15.6. The van der Waals surface area contributed by atoms with E-state index in [1.807, 2.05) is 19.1 Å². The van der Waals surface area contributed by atoms with Gasteiger partial charge in [0.25, 0.3) is 10.0 Å². The zero-order valence-electron chi connectivity index (χ0n) is 11.7. The topological polar surface area (TPSA) is 66.4 Å². The molecule has 0 saturated heterocycles. The highest BCUT2D eigenvalue weighted by Crippen LogP contribution is 2.29. The van der Waals surface area contributed by atoms with Gasteiger partial charge < -0.3 is 5.11 Å². The summed E-state index contributed by atoms with van der Waals surface area (Å²) >= 11 is 3.31. The minimum absolute atomic E-state index is 0.120. The SMILES string of the molecule is Cc1ccccc1NS(=O)(=O)c1cc(CO)cc(C)c1Br. The van der Waals surface area contributed by atoms with E-state index in [0.717, 1.165) is 11.1 Å². The minimum Gasteiger partial charge on any atom is -0.392 e. The third-order valence-corrected chi connectivity index (χ3v) is 5.85. The highest BCUT2D eigenvalue weighted by molar-refractivity contribution is 9.10. The van der Waals surface area contributed by atoms with Crippen molar-refractivity contribution >= 4 is 31.6 Å². The molecule has 6 heteroatoms. The maximum Gasteiger partial charge on any atom is 0.263 e. The van der Waals surface area contributed by atoms with E-state index in [0.29, 0.717) is 15.7 Å². The van der Waals surface area contributed by atoms with E-state index in [1.54, 1.807) is 25.1 Å². The highest BCUT2D eigenvalue weighted by Gasteiger charge is 2.20. The van der Waals surface area contributed by atoms with Crippen molar-refractivity contribution in [1.82, 2.24) is 0 Å². The summed E-state index contributed by atoms with van der Waals surface area (Å²) in [6.07, 6.45) is 0. The number of hydrogen-bond acceptors (Lipinski definition) is 3. The van der Waals surface area contributed by atoms with E-state index < -0.39 is 10.0 Å². The number of hydrogen-bond donors (Lipinski definition) is 2. The predicted molar refractivity (Wildman–Crippen MR) is 86.8 cm³/mol. The van der Waals surface area contributed by atoms with Crippen molar-refractivity contribution in [3.05, 3.63) is 57.6 Å². The molecular formula is C15H16BrNO3S. The molecule has 0 aromatic heterocycles. The van der Waals surface area contributed by atoms with Crippen LogP contribution in [0.25, 0.3) is 0 Å². The summed E-state index contributed by atoms with van der Waals surface area (Å²) in [6.45, 7) is 3.42. The van der Waals surface area contributed by atoms with Crippen molar-refractivity contribution in [2.24, 2.45) is 0 Å². The van der Waals surface area contributed by atoms with Crippen LogP contribution in [0.3, 0.4) is 0 Å². The molecule has 0 saturated carbocycles. The number of anilines is 1. The van der Waals surface area contributed by atoms with Gasteiger partial charge in [-0.1, -0.05) is 24.3 Å². The Labute approximate surface area is 133 Å². The average Bonchev–Trinajstić information content (AvgIpc) is 2.43. The zero-order valence-corrected chi connectivity index (χ0v) is 14.1. The van der Waals surface area contributed by atoms with Crippen LogP contribution in [0, 0.1) is 13.8 Å². The standard InChI is InChI=1S/C15H16BrNO3S/c1-10-5-3-4-6-13(10)17-21(19,20)14-8-12(9-18)7-11(2)15(14)16/h3-8,17-18H,9H2,1-2H3. The summed E-state index contributed by atoms with van der Waals surface area (Å²) in [5.74, 6) is 0. The van der Waals surface area contributed by atoms with Crippen LogP contribution in [0.2, 0.25) is 0 Å². The molecule has 0 aliphatic rings. The minimum atomic E-state index is -3.73. The number of para-hydroxylation sites is 1. The Morgan fingerprint density at radius 1 is 1.14 bits per heavy atom. The van der Waals surface area contributed by atoms with Gasteiger partial charge >= 0.3 is 0 Å². The van der Waals surface area contributed by atoms with E-state index in [9.17, 15) is 13.5 Å². The maximum absolute atomic E-state index is 12.6. The molecule has 0 heterocycles. The Kier molecular flexibility index (Phi) is 4.70. The second-order valence-corrected chi connectivity index (χ2v) is 7.25. The molecule has 0 spiro atoms. The third kappa shape index (κ3) is 3.45. The second kappa shape index (κ2) is 6.17. The Balaban J connectivity index is 2.50. The van der Waals surface area contributed by atoms with E-state index >= 15 is 0 Å². The van der Waals surface area contributed by atoms with Crippen LogP contribution in [0.5, 0.6) is 0 Å². The van der Waals surface area contributed by atoms with Crippen molar-refractivity contribution < 1.29 is 13.5 Å². The third-order valence-electron chi connectivity index (χ3n) is 3.14. The van der Waals surface area contributed by atoms with E-state index in [2.05, 4.69) is 20.7 Å². The molecule has 0 atom stereocenters. The fourth-order valence-electron chi connectivity index (χ4n) is 1.98. The number of nitrogens with one attached hydrogen (secondary N) is 1. The van der Waals surface area contributed by atoms with Gasteiger partial charge in [-0.25, -0.2) is 8.42 Å². The first kappa shape index (κ1) is 16.0. The molecule has 2 aromatic rings. The van der Waals surface area contributed by atoms with Crippen LogP contribution in [0.4, 0.5) is 5.69 Å². The first-order valence-corrected chi connectivity index (χ1v) is 8.61. The molecule has 0 bridgehead atoms. The molecule has 4 nitrogen and oxygen atoms in total. The lowest BCUT2D eigenvalue weighted by Crippen LogP contribution is -2.15. The summed E-state index contributed by atoms with van der Waals surface area (Å²) < 4.78 is 28.2. The fraction of sp³-hybridized carbons (Fsp3) is 0.200. The summed E-state index contributed by atoms with van der Waals surface area (Å²) in [6, 6.07) is 10.4. The molecule has 0 radical (unpaired) electrons. The molecular weight excluding hydrogens is 354 g/mol. The van der Waals surface area contributed by atoms with Gasteiger partial charge in [0, 0.05) is 4.47 Å². The molecule has 2 N–H and O–H groups in total. The number of aliphatic hydroxyl groups excluding tert-OH is 1. The van der Waals surface area contributed by atoms with Crippen molar-refractivity contribution in [2.75, 3.05) is 4.72 Å². The van der Waals surface area contributed by atoms with Gasteiger partial charge in [-0.3, -0.25) is 4.72 Å². The van der Waals surface area contributed by atoms with Gasteiger partial charge in [-0.05, 0) is 58.6 Å². The number of halogens is 1. The number of rotatable bonds is 4. The molecule has 21 heavy (non-hydrogen) atoms. The number of benzene rings is 2. The van der Waals surface area contributed by atoms with E-state index in [4.69, 9.17) is 0 Å². The van der Waals surface area contributed by atoms with Crippen LogP contribution < -0.4 is 4.72 Å². The average molecular weight is 370 g/mol. The molecule has 0 aliphatic carbocycles. The predicted octanol–water partition coefficient (Wildman–Crippen LogP) is 3.36. The van der Waals surface area contributed by atoms with Gasteiger partial charge in [-0.2, -0.15) is 0 Å². The van der Waals surface area contributed by atoms with Crippen LogP contribution in [0.15, 0.2) is 45.8 Å². The Hall–Kier alpha value is -1.37. The van der Waals surface area contributed by atoms with Crippen LogP contribution in [-0.2, 0) is 16.6 Å². The smallest absolute Gasteiger partial charge is 0.263 e. The number of aryl methyl sites for hydroxylation is 2. The van der Waals surface area contributed by atoms with Gasteiger partial charge in [-0.15, -0.1) is 0 Å². The normalized spacial score (nSPS) is 11.4. The molecule has 2 aromatic carbocycles. The lowest BCUT2D eigenvalue weighted by molar-refractivity contribution is 0.281. The molecule has 0 amide bonds. The van der Waals surface area contributed by atoms with Gasteiger partial charge in [0.15, 0.2) is 0 Å². The summed E-state index contributed by atoms with van der Waals surface area (Å²) in [4.78, 5) is 0.120. The first-order chi connectivity index (χ1) is 9.85. The van der Waals surface area contributed by atoms with Crippen LogP contribution in [0.1, 0.15) is 16.7 Å². The van der Waals surface area contributed by atoms with Crippen molar-refractivity contribution in [3.63, 3.8) is 0 Å². The quantitative estimate of drug-likeness (QED) is 0.867. The summed E-state index contributed by atoms with van der Waals surface area (Å²) in [5.41, 5.74) is 2.69. The Morgan fingerprint density at radius 2 is 1.81 bits per heavy atom. The molecule has 0 unspecified atom stereocenters. The van der Waals surface area contributed by atoms with Crippen molar-refractivity contribution in [1.29, 1.82) is 0 Å². The molecule has 0 fully saturated rings. The lowest BCUT2D eigenvalue weighted by Gasteiger charge is -2.14. The van der Waals surface area contributed by atoms with Gasteiger partial charge in [0.1, 0.15) is 4.90 Å². The number of sulfonamides is 1. The van der Waals surface area contributed by atoms with E-state index in [1.165, 1.54) is 6.07 Å². The summed E-state index contributed by atoms with van der Waals surface area (Å²) in [5, 5.41) is 9.25. The molecule has 2 rings (SSSR count). The maximum atomic E-state index is 12.6. The second-order valence-electron chi connectivity index (χ2n) is 4.80. The fourth-order valence-corrected chi connectivity index (χ4v) is 4.18. The van der Waals surface area contributed by atoms with Gasteiger partial charge in [0.2, 0.25) is 0 Å². The van der Waals surface area contributed by atoms with Crippen LogP contribution >= 0.6 is 15.9 Å². The summed E-state index contributed by atoms with van der Waals surface area (Å²) in [7, 11) is -3.73. The monoisotopic (exact) mass is 369 g/mol. The van der Waals surface area contributed by atoms with E-state index in [-0.39, 0.29) is 11.5 Å². The van der Waals surface area contributed by atoms with Gasteiger partial charge in [0.05, 0.1) is 12.3 Å². The highest BCUT2D eigenvalue weighted by atomic mass is 79.9. The van der Waals surface area contributed by atoms with Crippen LogP contribution in [-0.4, -0.2) is 13.5 Å². The largest absolute Gasteiger partial charge is 0.392 e. The Morgan fingerprint density at radius 3 is 2.43 bits per heavy atom. The lowest BCUT2D eigenvalue weighted by atomic mass is 10.1. The first-order valence-electron chi connectivity index (χ1n) is 6.33. The number of aliphatic hydroxyl groups is 1.